The van der Waals surface area contributed by atoms with Crippen molar-refractivity contribution in [3.8, 4) is 17.1 Å². The standard InChI is InChI=1S/C17H13ClN2O4/c18-13-7-4-8-14(9-13)22-11-16(21)23-10-15-19-17(20-24-15)12-5-2-1-3-6-12/h1-9H,10-11H2. The number of rotatable bonds is 6. The van der Waals surface area contributed by atoms with Crippen LogP contribution < -0.4 is 4.74 Å². The van der Waals surface area contributed by atoms with Crippen molar-refractivity contribution in [2.75, 3.05) is 6.61 Å². The van der Waals surface area contributed by atoms with Gasteiger partial charge in [0.2, 0.25) is 5.82 Å². The van der Waals surface area contributed by atoms with Gasteiger partial charge in [0.1, 0.15) is 5.75 Å². The first-order valence-electron chi connectivity index (χ1n) is 7.13. The van der Waals surface area contributed by atoms with Crippen LogP contribution in [0.2, 0.25) is 5.02 Å². The molecule has 0 N–H and O–H groups in total. The largest absolute Gasteiger partial charge is 0.482 e. The lowest BCUT2D eigenvalue weighted by atomic mass is 10.2. The normalized spacial score (nSPS) is 10.4. The number of benzene rings is 2. The number of hydrogen-bond donors (Lipinski definition) is 0. The zero-order valence-electron chi connectivity index (χ0n) is 12.5. The number of carbonyl (C=O) groups excluding carboxylic acids is 1. The van der Waals surface area contributed by atoms with Crippen molar-refractivity contribution in [1.29, 1.82) is 0 Å². The molecule has 0 atom stereocenters. The van der Waals surface area contributed by atoms with Crippen molar-refractivity contribution in [2.24, 2.45) is 0 Å². The predicted octanol–water partition coefficient (Wildman–Crippen LogP) is 3.51. The Labute approximate surface area is 143 Å². The molecule has 122 valence electrons. The van der Waals surface area contributed by atoms with Gasteiger partial charge in [-0.25, -0.2) is 4.79 Å². The smallest absolute Gasteiger partial charge is 0.344 e. The lowest BCUT2D eigenvalue weighted by Gasteiger charge is -2.05. The molecule has 24 heavy (non-hydrogen) atoms. The van der Waals surface area contributed by atoms with Crippen molar-refractivity contribution in [1.82, 2.24) is 10.1 Å². The first-order chi connectivity index (χ1) is 11.7. The molecule has 1 aromatic heterocycles. The second-order valence-electron chi connectivity index (χ2n) is 4.78. The van der Waals surface area contributed by atoms with Crippen LogP contribution in [0.15, 0.2) is 59.1 Å². The number of esters is 1. The summed E-state index contributed by atoms with van der Waals surface area (Å²) in [5.74, 6) is 0.597. The van der Waals surface area contributed by atoms with E-state index < -0.39 is 5.97 Å². The van der Waals surface area contributed by atoms with E-state index in [9.17, 15) is 4.79 Å². The zero-order chi connectivity index (χ0) is 16.8. The van der Waals surface area contributed by atoms with E-state index in [1.54, 1.807) is 24.3 Å². The van der Waals surface area contributed by atoms with Crippen molar-refractivity contribution in [3.05, 3.63) is 65.5 Å². The molecule has 0 aliphatic rings. The predicted molar refractivity (Wildman–Crippen MR) is 86.5 cm³/mol. The third-order valence-electron chi connectivity index (χ3n) is 3.01. The third kappa shape index (κ3) is 4.33. The Morgan fingerprint density at radius 1 is 1.12 bits per heavy atom. The molecule has 1 heterocycles. The Hall–Kier alpha value is -2.86. The van der Waals surface area contributed by atoms with Gasteiger partial charge < -0.3 is 14.0 Å². The minimum absolute atomic E-state index is 0.114. The van der Waals surface area contributed by atoms with Crippen LogP contribution in [-0.4, -0.2) is 22.7 Å². The number of hydrogen-bond acceptors (Lipinski definition) is 6. The second-order valence-corrected chi connectivity index (χ2v) is 5.22. The molecular weight excluding hydrogens is 332 g/mol. The van der Waals surface area contributed by atoms with Crippen LogP contribution in [0.5, 0.6) is 5.75 Å². The summed E-state index contributed by atoms with van der Waals surface area (Å²) in [5, 5.41) is 4.37. The van der Waals surface area contributed by atoms with Crippen LogP contribution in [-0.2, 0) is 16.1 Å². The molecule has 3 rings (SSSR count). The van der Waals surface area contributed by atoms with E-state index in [1.165, 1.54) is 0 Å². The van der Waals surface area contributed by atoms with Crippen LogP contribution in [0.3, 0.4) is 0 Å². The Kier molecular flexibility index (Phi) is 5.08. The van der Waals surface area contributed by atoms with Crippen molar-refractivity contribution < 1.29 is 18.8 Å². The zero-order valence-corrected chi connectivity index (χ0v) is 13.3. The molecule has 0 saturated heterocycles. The molecule has 0 bridgehead atoms. The first-order valence-corrected chi connectivity index (χ1v) is 7.50. The minimum atomic E-state index is -0.547. The summed E-state index contributed by atoms with van der Waals surface area (Å²) in [7, 11) is 0. The number of halogens is 1. The van der Waals surface area contributed by atoms with Crippen LogP contribution in [0, 0.1) is 0 Å². The van der Waals surface area contributed by atoms with Gasteiger partial charge in [0, 0.05) is 10.6 Å². The molecular formula is C17H13ClN2O4. The Morgan fingerprint density at radius 3 is 2.75 bits per heavy atom. The fourth-order valence-electron chi connectivity index (χ4n) is 1.90. The van der Waals surface area contributed by atoms with E-state index in [-0.39, 0.29) is 19.1 Å². The highest BCUT2D eigenvalue weighted by atomic mass is 35.5. The summed E-state index contributed by atoms with van der Waals surface area (Å²) in [6, 6.07) is 16.1. The van der Waals surface area contributed by atoms with Crippen LogP contribution in [0.25, 0.3) is 11.4 Å². The van der Waals surface area contributed by atoms with Gasteiger partial charge >= 0.3 is 5.97 Å². The lowest BCUT2D eigenvalue weighted by molar-refractivity contribution is -0.148. The quantitative estimate of drug-likeness (QED) is 0.637. The molecule has 0 saturated carbocycles. The third-order valence-corrected chi connectivity index (χ3v) is 3.24. The van der Waals surface area contributed by atoms with Gasteiger partial charge in [-0.15, -0.1) is 0 Å². The highest BCUT2D eigenvalue weighted by Crippen LogP contribution is 2.17. The van der Waals surface area contributed by atoms with Gasteiger partial charge in [0.25, 0.3) is 5.89 Å². The van der Waals surface area contributed by atoms with Gasteiger partial charge in [0.15, 0.2) is 13.2 Å². The van der Waals surface area contributed by atoms with Crippen molar-refractivity contribution in [2.45, 2.75) is 6.61 Å². The highest BCUT2D eigenvalue weighted by Gasteiger charge is 2.11. The summed E-state index contributed by atoms with van der Waals surface area (Å²) in [4.78, 5) is 15.9. The maximum absolute atomic E-state index is 11.7. The van der Waals surface area contributed by atoms with E-state index >= 15 is 0 Å². The van der Waals surface area contributed by atoms with E-state index in [0.717, 1.165) is 5.56 Å². The van der Waals surface area contributed by atoms with E-state index in [4.69, 9.17) is 25.6 Å². The highest BCUT2D eigenvalue weighted by molar-refractivity contribution is 6.30. The average molecular weight is 345 g/mol. The summed E-state index contributed by atoms with van der Waals surface area (Å²) in [6.45, 7) is -0.350. The van der Waals surface area contributed by atoms with E-state index in [2.05, 4.69) is 10.1 Å². The van der Waals surface area contributed by atoms with E-state index in [1.807, 2.05) is 30.3 Å². The number of carbonyl (C=O) groups is 1. The average Bonchev–Trinajstić information content (AvgIpc) is 3.08. The monoisotopic (exact) mass is 344 g/mol. The molecule has 6 nitrogen and oxygen atoms in total. The van der Waals surface area contributed by atoms with Gasteiger partial charge in [0.05, 0.1) is 0 Å². The van der Waals surface area contributed by atoms with Gasteiger partial charge in [-0.2, -0.15) is 4.98 Å². The molecule has 0 amide bonds. The Morgan fingerprint density at radius 2 is 1.96 bits per heavy atom. The summed E-state index contributed by atoms with van der Waals surface area (Å²) in [6.07, 6.45) is 0. The van der Waals surface area contributed by atoms with Gasteiger partial charge in [-0.1, -0.05) is 53.2 Å². The van der Waals surface area contributed by atoms with E-state index in [0.29, 0.717) is 16.6 Å². The molecule has 0 fully saturated rings. The fourth-order valence-corrected chi connectivity index (χ4v) is 2.08. The number of aromatic nitrogens is 2. The van der Waals surface area contributed by atoms with Crippen molar-refractivity contribution >= 4 is 17.6 Å². The number of ether oxygens (including phenoxy) is 2. The molecule has 0 unspecified atom stereocenters. The first kappa shape index (κ1) is 16.0. The Balaban J connectivity index is 1.49. The maximum Gasteiger partial charge on any atom is 0.344 e. The summed E-state index contributed by atoms with van der Waals surface area (Å²) in [5.41, 5.74) is 0.822. The molecule has 0 spiro atoms. The molecule has 2 aromatic carbocycles. The van der Waals surface area contributed by atoms with Crippen LogP contribution in [0.4, 0.5) is 0 Å². The molecule has 0 radical (unpaired) electrons. The second kappa shape index (κ2) is 7.61. The summed E-state index contributed by atoms with van der Waals surface area (Å²) >= 11 is 5.83. The van der Waals surface area contributed by atoms with Gasteiger partial charge in [-0.05, 0) is 18.2 Å². The SMILES string of the molecule is O=C(COc1cccc(Cl)c1)OCc1nc(-c2ccccc2)no1. The minimum Gasteiger partial charge on any atom is -0.482 e. The van der Waals surface area contributed by atoms with Crippen molar-refractivity contribution in [3.63, 3.8) is 0 Å². The maximum atomic E-state index is 11.7. The molecule has 0 aliphatic carbocycles. The van der Waals surface area contributed by atoms with Crippen LogP contribution >= 0.6 is 11.6 Å². The number of nitrogens with zero attached hydrogens (tertiary/aromatic N) is 2. The molecule has 0 aliphatic heterocycles. The van der Waals surface area contributed by atoms with Gasteiger partial charge in [-0.3, -0.25) is 0 Å². The molecule has 3 aromatic rings. The van der Waals surface area contributed by atoms with Crippen LogP contribution in [0.1, 0.15) is 5.89 Å². The fraction of sp³-hybridized carbons (Fsp3) is 0.118. The topological polar surface area (TPSA) is 74.5 Å². The molecule has 7 heteroatoms. The lowest BCUT2D eigenvalue weighted by Crippen LogP contribution is -2.14. The summed E-state index contributed by atoms with van der Waals surface area (Å²) < 4.78 is 15.4. The Bertz CT molecular complexity index is 820.